The van der Waals surface area contributed by atoms with Crippen LogP contribution in [0, 0.1) is 0 Å². The number of rotatable bonds is 5. The molecule has 0 aliphatic carbocycles. The van der Waals surface area contributed by atoms with Gasteiger partial charge in [0.25, 0.3) is 5.91 Å². The van der Waals surface area contributed by atoms with Crippen LogP contribution < -0.4 is 10.5 Å². The number of nitrogens with two attached hydrogens (primary N) is 1. The molecule has 4 heteroatoms. The van der Waals surface area contributed by atoms with Crippen LogP contribution in [-0.2, 0) is 6.61 Å². The van der Waals surface area contributed by atoms with Gasteiger partial charge in [-0.15, -0.1) is 0 Å². The predicted octanol–water partition coefficient (Wildman–Crippen LogP) is 4.31. The van der Waals surface area contributed by atoms with Gasteiger partial charge in [0.2, 0.25) is 0 Å². The van der Waals surface area contributed by atoms with Gasteiger partial charge in [0.15, 0.2) is 0 Å². The third-order valence-electron chi connectivity index (χ3n) is 4.29. The van der Waals surface area contributed by atoms with Gasteiger partial charge < -0.3 is 15.0 Å². The molecule has 128 valence electrons. The Morgan fingerprint density at radius 2 is 1.58 bits per heavy atom. The summed E-state index contributed by atoms with van der Waals surface area (Å²) in [6, 6.07) is 27.3. The van der Waals surface area contributed by atoms with E-state index in [-0.39, 0.29) is 0 Å². The second-order valence-electron chi connectivity index (χ2n) is 6.06. The van der Waals surface area contributed by atoms with Crippen molar-refractivity contribution in [3.63, 3.8) is 0 Å². The van der Waals surface area contributed by atoms with Gasteiger partial charge in [-0.1, -0.05) is 48.5 Å². The zero-order chi connectivity index (χ0) is 17.9. The Morgan fingerprint density at radius 3 is 2.27 bits per heavy atom. The molecule has 0 saturated carbocycles. The molecule has 1 amide bonds. The van der Waals surface area contributed by atoms with Crippen LogP contribution in [-0.4, -0.2) is 10.5 Å². The molecule has 1 heterocycles. The Hall–Kier alpha value is -3.53. The number of para-hydroxylation sites is 1. The highest BCUT2D eigenvalue weighted by Gasteiger charge is 2.15. The lowest BCUT2D eigenvalue weighted by molar-refractivity contribution is 0.0994. The SMILES string of the molecule is NC(=O)c1cc2cc(OCc3ccccc3)ccc2n1-c1ccccc1. The Kier molecular flexibility index (Phi) is 4.15. The quantitative estimate of drug-likeness (QED) is 0.587. The molecule has 0 unspecified atom stereocenters. The van der Waals surface area contributed by atoms with E-state index in [0.29, 0.717) is 12.3 Å². The van der Waals surface area contributed by atoms with E-state index in [1.165, 1.54) is 0 Å². The molecule has 0 aliphatic rings. The van der Waals surface area contributed by atoms with Gasteiger partial charge in [0, 0.05) is 11.1 Å². The topological polar surface area (TPSA) is 57.3 Å². The van der Waals surface area contributed by atoms with Crippen molar-refractivity contribution < 1.29 is 9.53 Å². The molecular formula is C22H18N2O2. The van der Waals surface area contributed by atoms with Crippen LogP contribution in [0.4, 0.5) is 0 Å². The van der Waals surface area contributed by atoms with E-state index in [1.54, 1.807) is 6.07 Å². The monoisotopic (exact) mass is 342 g/mol. The van der Waals surface area contributed by atoms with Crippen LogP contribution in [0.15, 0.2) is 84.9 Å². The summed E-state index contributed by atoms with van der Waals surface area (Å²) in [5.41, 5.74) is 8.96. The Morgan fingerprint density at radius 1 is 0.885 bits per heavy atom. The van der Waals surface area contributed by atoms with Crippen molar-refractivity contribution in [2.24, 2.45) is 5.73 Å². The van der Waals surface area contributed by atoms with Gasteiger partial charge in [-0.05, 0) is 42.0 Å². The van der Waals surface area contributed by atoms with Crippen LogP contribution in [0.3, 0.4) is 0 Å². The summed E-state index contributed by atoms with van der Waals surface area (Å²) in [6.45, 7) is 0.494. The number of amides is 1. The molecule has 4 nitrogen and oxygen atoms in total. The van der Waals surface area contributed by atoms with Crippen LogP contribution in [0.1, 0.15) is 16.1 Å². The highest BCUT2D eigenvalue weighted by molar-refractivity contribution is 5.99. The highest BCUT2D eigenvalue weighted by atomic mass is 16.5. The number of nitrogens with zero attached hydrogens (tertiary/aromatic N) is 1. The third kappa shape index (κ3) is 3.05. The Bertz CT molecular complexity index is 1050. The fraction of sp³-hybridized carbons (Fsp3) is 0.0455. The van der Waals surface area contributed by atoms with Crippen LogP contribution in [0.5, 0.6) is 5.75 Å². The van der Waals surface area contributed by atoms with Gasteiger partial charge in [0.1, 0.15) is 18.1 Å². The lowest BCUT2D eigenvalue weighted by Crippen LogP contribution is -2.15. The van der Waals surface area contributed by atoms with Gasteiger partial charge in [-0.2, -0.15) is 0 Å². The minimum Gasteiger partial charge on any atom is -0.489 e. The van der Waals surface area contributed by atoms with Crippen LogP contribution in [0.25, 0.3) is 16.6 Å². The molecule has 4 rings (SSSR count). The maximum Gasteiger partial charge on any atom is 0.265 e. The van der Waals surface area contributed by atoms with Crippen molar-refractivity contribution in [1.29, 1.82) is 0 Å². The van der Waals surface area contributed by atoms with E-state index in [9.17, 15) is 4.79 Å². The first-order valence-corrected chi connectivity index (χ1v) is 8.40. The molecule has 0 radical (unpaired) electrons. The fourth-order valence-electron chi connectivity index (χ4n) is 3.06. The Labute approximate surface area is 151 Å². The predicted molar refractivity (Wildman–Crippen MR) is 103 cm³/mol. The van der Waals surface area contributed by atoms with Crippen molar-refractivity contribution in [2.75, 3.05) is 0 Å². The first-order valence-electron chi connectivity index (χ1n) is 8.40. The standard InChI is InChI=1S/C22H18N2O2/c23-22(25)21-14-17-13-19(26-15-16-7-3-1-4-8-16)11-12-20(17)24(21)18-9-5-2-6-10-18/h1-14H,15H2,(H2,23,25). The summed E-state index contributed by atoms with van der Waals surface area (Å²) < 4.78 is 7.76. The van der Waals surface area contributed by atoms with Crippen LogP contribution >= 0.6 is 0 Å². The molecular weight excluding hydrogens is 324 g/mol. The number of aromatic nitrogens is 1. The second kappa shape index (κ2) is 6.76. The molecule has 0 aliphatic heterocycles. The lowest BCUT2D eigenvalue weighted by Gasteiger charge is -2.10. The van der Waals surface area contributed by atoms with E-state index < -0.39 is 5.91 Å². The second-order valence-corrected chi connectivity index (χ2v) is 6.06. The number of hydrogen-bond acceptors (Lipinski definition) is 2. The normalized spacial score (nSPS) is 10.8. The zero-order valence-electron chi connectivity index (χ0n) is 14.1. The van der Waals surface area contributed by atoms with Crippen molar-refractivity contribution in [2.45, 2.75) is 6.61 Å². The van der Waals surface area contributed by atoms with Gasteiger partial charge in [0.05, 0.1) is 5.52 Å². The number of primary amides is 1. The molecule has 0 fully saturated rings. The number of ether oxygens (including phenoxy) is 1. The molecule has 26 heavy (non-hydrogen) atoms. The van der Waals surface area contributed by atoms with E-state index in [4.69, 9.17) is 10.5 Å². The number of hydrogen-bond donors (Lipinski definition) is 1. The van der Waals surface area contributed by atoms with Crippen molar-refractivity contribution in [3.05, 3.63) is 96.2 Å². The van der Waals surface area contributed by atoms with E-state index >= 15 is 0 Å². The number of carbonyl (C=O) groups is 1. The molecule has 0 bridgehead atoms. The van der Waals surface area contributed by atoms with Gasteiger partial charge >= 0.3 is 0 Å². The largest absolute Gasteiger partial charge is 0.489 e. The average Bonchev–Trinajstić information content (AvgIpc) is 3.07. The van der Waals surface area contributed by atoms with Gasteiger partial charge in [-0.3, -0.25) is 4.79 Å². The zero-order valence-corrected chi connectivity index (χ0v) is 14.1. The summed E-state index contributed by atoms with van der Waals surface area (Å²) in [5.74, 6) is 0.291. The first-order chi connectivity index (χ1) is 12.7. The first kappa shape index (κ1) is 16.0. The van der Waals surface area contributed by atoms with E-state index in [0.717, 1.165) is 27.9 Å². The number of benzene rings is 3. The smallest absolute Gasteiger partial charge is 0.265 e. The van der Waals surface area contributed by atoms with E-state index in [1.807, 2.05) is 83.4 Å². The number of fused-ring (bicyclic) bond motifs is 1. The van der Waals surface area contributed by atoms with Crippen molar-refractivity contribution >= 4 is 16.8 Å². The summed E-state index contributed by atoms with van der Waals surface area (Å²) >= 11 is 0. The molecule has 1 aromatic heterocycles. The maximum absolute atomic E-state index is 11.9. The average molecular weight is 342 g/mol. The molecule has 3 aromatic carbocycles. The molecule has 0 saturated heterocycles. The fourth-order valence-corrected chi connectivity index (χ4v) is 3.06. The lowest BCUT2D eigenvalue weighted by atomic mass is 10.2. The number of carbonyl (C=O) groups excluding carboxylic acids is 1. The molecule has 2 N–H and O–H groups in total. The Balaban J connectivity index is 1.72. The molecule has 0 atom stereocenters. The maximum atomic E-state index is 11.9. The summed E-state index contributed by atoms with van der Waals surface area (Å²) in [6.07, 6.45) is 0. The highest BCUT2D eigenvalue weighted by Crippen LogP contribution is 2.28. The van der Waals surface area contributed by atoms with Crippen molar-refractivity contribution in [1.82, 2.24) is 4.57 Å². The summed E-state index contributed by atoms with van der Waals surface area (Å²) in [7, 11) is 0. The van der Waals surface area contributed by atoms with Crippen LogP contribution in [0.2, 0.25) is 0 Å². The van der Waals surface area contributed by atoms with Crippen molar-refractivity contribution in [3.8, 4) is 11.4 Å². The summed E-state index contributed by atoms with van der Waals surface area (Å²) in [5, 5.41) is 0.910. The third-order valence-corrected chi connectivity index (χ3v) is 4.29. The minimum atomic E-state index is -0.461. The van der Waals surface area contributed by atoms with E-state index in [2.05, 4.69) is 0 Å². The minimum absolute atomic E-state index is 0.450. The molecule has 0 spiro atoms. The van der Waals surface area contributed by atoms with Gasteiger partial charge in [-0.25, -0.2) is 0 Å². The summed E-state index contributed by atoms with van der Waals surface area (Å²) in [4.78, 5) is 11.9. The molecule has 4 aromatic rings.